The Kier molecular flexibility index (Phi) is 8.94. The van der Waals surface area contributed by atoms with E-state index in [9.17, 15) is 4.39 Å². The van der Waals surface area contributed by atoms with E-state index in [-0.39, 0.29) is 11.9 Å². The number of unbranched alkanes of at least 4 members (excludes halogenated alkanes) is 1. The first-order chi connectivity index (χ1) is 10.1. The second-order valence-corrected chi connectivity index (χ2v) is 6.20. The number of hydrogen-bond acceptors (Lipinski definition) is 1. The Morgan fingerprint density at radius 2 is 1.95 bits per heavy atom. The van der Waals surface area contributed by atoms with Crippen LogP contribution in [0.2, 0.25) is 5.02 Å². The number of halogens is 2. The van der Waals surface area contributed by atoms with Gasteiger partial charge in [0.15, 0.2) is 0 Å². The van der Waals surface area contributed by atoms with E-state index < -0.39 is 0 Å². The van der Waals surface area contributed by atoms with Crippen molar-refractivity contribution in [2.24, 2.45) is 5.92 Å². The molecule has 0 radical (unpaired) electrons. The first-order valence-corrected chi connectivity index (χ1v) is 8.69. The van der Waals surface area contributed by atoms with Crippen LogP contribution in [0.3, 0.4) is 0 Å². The van der Waals surface area contributed by atoms with Crippen LogP contribution in [-0.2, 0) is 0 Å². The molecule has 0 spiro atoms. The van der Waals surface area contributed by atoms with Crippen molar-refractivity contribution in [3.63, 3.8) is 0 Å². The molecule has 0 saturated heterocycles. The van der Waals surface area contributed by atoms with E-state index in [1.54, 1.807) is 12.1 Å². The molecule has 0 aliphatic heterocycles. The van der Waals surface area contributed by atoms with Gasteiger partial charge < -0.3 is 5.32 Å². The summed E-state index contributed by atoms with van der Waals surface area (Å²) >= 11 is 6.25. The summed E-state index contributed by atoms with van der Waals surface area (Å²) < 4.78 is 14.2. The van der Waals surface area contributed by atoms with Gasteiger partial charge in [-0.1, -0.05) is 64.1 Å². The number of hydrogen-bond donors (Lipinski definition) is 1. The fourth-order valence-corrected chi connectivity index (χ4v) is 3.07. The van der Waals surface area contributed by atoms with Crippen LogP contribution in [0.15, 0.2) is 18.2 Å². The largest absolute Gasteiger partial charge is 0.310 e. The van der Waals surface area contributed by atoms with Crippen molar-refractivity contribution in [1.82, 2.24) is 5.32 Å². The van der Waals surface area contributed by atoms with Gasteiger partial charge in [-0.2, -0.15) is 0 Å². The van der Waals surface area contributed by atoms with E-state index in [1.807, 2.05) is 0 Å². The summed E-state index contributed by atoms with van der Waals surface area (Å²) in [5.41, 5.74) is 0.641. The summed E-state index contributed by atoms with van der Waals surface area (Å²) in [6.07, 6.45) is 6.79. The molecule has 0 saturated carbocycles. The monoisotopic (exact) mass is 313 g/mol. The number of rotatable bonds is 10. The van der Waals surface area contributed by atoms with Gasteiger partial charge >= 0.3 is 0 Å². The normalized spacial score (nSPS) is 14.1. The first-order valence-electron chi connectivity index (χ1n) is 8.31. The van der Waals surface area contributed by atoms with Crippen LogP contribution in [0.1, 0.15) is 70.9 Å². The van der Waals surface area contributed by atoms with Gasteiger partial charge in [-0.05, 0) is 37.4 Å². The van der Waals surface area contributed by atoms with Crippen molar-refractivity contribution in [3.8, 4) is 0 Å². The molecule has 1 nitrogen and oxygen atoms in total. The van der Waals surface area contributed by atoms with E-state index in [4.69, 9.17) is 11.6 Å². The zero-order valence-electron chi connectivity index (χ0n) is 13.6. The highest BCUT2D eigenvalue weighted by Gasteiger charge is 2.21. The Hall–Kier alpha value is -0.600. The zero-order chi connectivity index (χ0) is 15.7. The molecule has 1 N–H and O–H groups in total. The average Bonchev–Trinajstić information content (AvgIpc) is 2.48. The van der Waals surface area contributed by atoms with Crippen molar-refractivity contribution >= 4 is 11.6 Å². The molecule has 0 bridgehead atoms. The molecule has 3 heteroatoms. The van der Waals surface area contributed by atoms with E-state index in [0.29, 0.717) is 16.5 Å². The van der Waals surface area contributed by atoms with Crippen molar-refractivity contribution in [2.75, 3.05) is 6.54 Å². The maximum absolute atomic E-state index is 14.2. The van der Waals surface area contributed by atoms with Crippen molar-refractivity contribution in [1.29, 1.82) is 0 Å². The van der Waals surface area contributed by atoms with Gasteiger partial charge in [0.25, 0.3) is 0 Å². The fraction of sp³-hybridized carbons (Fsp3) is 0.667. The molecular formula is C18H29ClFN. The molecule has 2 atom stereocenters. The predicted molar refractivity (Wildman–Crippen MR) is 90.4 cm³/mol. The lowest BCUT2D eigenvalue weighted by Crippen LogP contribution is -2.25. The van der Waals surface area contributed by atoms with Crippen LogP contribution in [-0.4, -0.2) is 6.54 Å². The Labute approximate surface area is 134 Å². The molecule has 0 fully saturated rings. The first kappa shape index (κ1) is 18.4. The molecule has 1 aromatic carbocycles. The van der Waals surface area contributed by atoms with E-state index in [0.717, 1.165) is 25.8 Å². The highest BCUT2D eigenvalue weighted by atomic mass is 35.5. The second-order valence-electron chi connectivity index (χ2n) is 5.79. The highest BCUT2D eigenvalue weighted by Crippen LogP contribution is 2.32. The number of benzene rings is 1. The van der Waals surface area contributed by atoms with E-state index in [1.165, 1.54) is 25.3 Å². The lowest BCUT2D eigenvalue weighted by molar-refractivity contribution is 0.348. The third-order valence-electron chi connectivity index (χ3n) is 4.10. The topological polar surface area (TPSA) is 12.0 Å². The van der Waals surface area contributed by atoms with Gasteiger partial charge in [-0.3, -0.25) is 0 Å². The van der Waals surface area contributed by atoms with E-state index >= 15 is 0 Å². The Bertz CT molecular complexity index is 388. The van der Waals surface area contributed by atoms with Gasteiger partial charge in [0.2, 0.25) is 0 Å². The van der Waals surface area contributed by atoms with Gasteiger partial charge in [-0.15, -0.1) is 0 Å². The van der Waals surface area contributed by atoms with Crippen LogP contribution in [0, 0.1) is 11.7 Å². The molecule has 21 heavy (non-hydrogen) atoms. The third-order valence-corrected chi connectivity index (χ3v) is 4.43. The lowest BCUT2D eigenvalue weighted by atomic mass is 9.89. The third kappa shape index (κ3) is 5.96. The molecule has 0 amide bonds. The summed E-state index contributed by atoms with van der Waals surface area (Å²) in [5, 5.41) is 4.02. The van der Waals surface area contributed by atoms with Crippen molar-refractivity contribution in [3.05, 3.63) is 34.6 Å². The summed E-state index contributed by atoms with van der Waals surface area (Å²) in [6, 6.07) is 4.98. The van der Waals surface area contributed by atoms with Crippen LogP contribution in [0.5, 0.6) is 0 Å². The van der Waals surface area contributed by atoms with Crippen LogP contribution < -0.4 is 5.32 Å². The zero-order valence-corrected chi connectivity index (χ0v) is 14.3. The minimum Gasteiger partial charge on any atom is -0.310 e. The summed E-state index contributed by atoms with van der Waals surface area (Å²) in [6.45, 7) is 7.45. The minimum absolute atomic E-state index is 0.0143. The van der Waals surface area contributed by atoms with Gasteiger partial charge in [0, 0.05) is 16.6 Å². The molecule has 1 rings (SSSR count). The molecule has 2 unspecified atom stereocenters. The molecule has 1 aromatic rings. The SMILES string of the molecule is CCCCC(CC)CC(NCCC)c1c(F)cccc1Cl. The standard InChI is InChI=1S/C18H29ClFN/c1-4-7-9-14(6-3)13-17(21-12-5-2)18-15(19)10-8-11-16(18)20/h8,10-11,14,17,21H,4-7,9,12-13H2,1-3H3. The van der Waals surface area contributed by atoms with Gasteiger partial charge in [0.1, 0.15) is 5.82 Å². The Morgan fingerprint density at radius 1 is 1.19 bits per heavy atom. The lowest BCUT2D eigenvalue weighted by Gasteiger charge is -2.25. The Balaban J connectivity index is 2.88. The molecule has 0 heterocycles. The molecular weight excluding hydrogens is 285 g/mol. The quantitative estimate of drug-likeness (QED) is 0.548. The molecule has 0 aromatic heterocycles. The summed E-state index contributed by atoms with van der Waals surface area (Å²) in [5.74, 6) is 0.427. The fourth-order valence-electron chi connectivity index (χ4n) is 2.78. The van der Waals surface area contributed by atoms with Crippen LogP contribution in [0.4, 0.5) is 4.39 Å². The highest BCUT2D eigenvalue weighted by molar-refractivity contribution is 6.31. The predicted octanol–water partition coefficient (Wildman–Crippen LogP) is 6.13. The molecule has 0 aliphatic carbocycles. The van der Waals surface area contributed by atoms with Gasteiger partial charge in [-0.25, -0.2) is 4.39 Å². The molecule has 0 aliphatic rings. The van der Waals surface area contributed by atoms with Crippen molar-refractivity contribution < 1.29 is 4.39 Å². The maximum Gasteiger partial charge on any atom is 0.129 e. The van der Waals surface area contributed by atoms with Crippen molar-refractivity contribution in [2.45, 2.75) is 65.3 Å². The summed E-state index contributed by atoms with van der Waals surface area (Å²) in [4.78, 5) is 0. The smallest absolute Gasteiger partial charge is 0.129 e. The Morgan fingerprint density at radius 3 is 2.52 bits per heavy atom. The average molecular weight is 314 g/mol. The van der Waals surface area contributed by atoms with Crippen LogP contribution >= 0.6 is 11.6 Å². The van der Waals surface area contributed by atoms with Crippen LogP contribution in [0.25, 0.3) is 0 Å². The van der Waals surface area contributed by atoms with E-state index in [2.05, 4.69) is 26.1 Å². The maximum atomic E-state index is 14.2. The van der Waals surface area contributed by atoms with Gasteiger partial charge in [0.05, 0.1) is 0 Å². The molecule has 120 valence electrons. The second kappa shape index (κ2) is 10.2. The number of nitrogens with one attached hydrogen (secondary N) is 1. The minimum atomic E-state index is -0.193. The summed E-state index contributed by atoms with van der Waals surface area (Å²) in [7, 11) is 0.